The summed E-state index contributed by atoms with van der Waals surface area (Å²) >= 11 is 0. The maximum atomic E-state index is 14.6. The number of aromatic nitrogens is 3. The fraction of sp³-hybridized carbons (Fsp3) is 0.455. The van der Waals surface area contributed by atoms with Crippen LogP contribution in [0.2, 0.25) is 0 Å². The number of piperazine rings is 1. The minimum atomic E-state index is -1.19. The molecule has 5 nitrogen and oxygen atoms in total. The smallest absolute Gasteiger partial charge is 0.150 e. The van der Waals surface area contributed by atoms with Crippen molar-refractivity contribution in [2.75, 3.05) is 31.1 Å². The first-order chi connectivity index (χ1) is 13.7. The molecule has 6 rings (SSSR count). The predicted octanol–water partition coefficient (Wildman–Crippen LogP) is 3.87. The molecule has 3 aromatic rings. The molecule has 1 saturated heterocycles. The van der Waals surface area contributed by atoms with Crippen molar-refractivity contribution in [2.45, 2.75) is 37.3 Å². The first-order valence-corrected chi connectivity index (χ1v) is 10.3. The van der Waals surface area contributed by atoms with Crippen LogP contribution in [0.1, 0.15) is 42.9 Å². The molecule has 1 aliphatic heterocycles. The van der Waals surface area contributed by atoms with Crippen LogP contribution in [0, 0.1) is 0 Å². The number of hydrogen-bond donors (Lipinski definition) is 2. The van der Waals surface area contributed by atoms with Crippen LogP contribution in [-0.4, -0.2) is 41.1 Å². The topological polar surface area (TPSA) is 56.8 Å². The number of nitrogens with zero attached hydrogens (tertiary/aromatic N) is 3. The van der Waals surface area contributed by atoms with Crippen molar-refractivity contribution >= 4 is 16.7 Å². The Balaban J connectivity index is 1.46. The van der Waals surface area contributed by atoms with E-state index in [4.69, 9.17) is 4.98 Å². The molecule has 3 fully saturated rings. The minimum absolute atomic E-state index is 0.594. The molecule has 0 amide bonds. The number of fused-ring (bicyclic) bond motifs is 1. The number of rotatable bonds is 4. The Bertz CT molecular complexity index is 1040. The zero-order valence-electron chi connectivity index (χ0n) is 15.8. The molecule has 28 heavy (non-hydrogen) atoms. The van der Waals surface area contributed by atoms with Gasteiger partial charge in [0.1, 0.15) is 5.65 Å². The van der Waals surface area contributed by atoms with Crippen LogP contribution < -0.4 is 10.2 Å². The van der Waals surface area contributed by atoms with Crippen molar-refractivity contribution < 1.29 is 4.39 Å². The lowest BCUT2D eigenvalue weighted by Gasteiger charge is -2.31. The van der Waals surface area contributed by atoms with E-state index in [0.717, 1.165) is 48.5 Å². The largest absolute Gasteiger partial charge is 0.369 e. The number of H-pyrrole nitrogens is 1. The van der Waals surface area contributed by atoms with Gasteiger partial charge >= 0.3 is 0 Å². The van der Waals surface area contributed by atoms with Crippen molar-refractivity contribution in [1.82, 2.24) is 20.3 Å². The van der Waals surface area contributed by atoms with Crippen LogP contribution in [0.15, 0.2) is 30.6 Å². The number of aromatic amines is 1. The first-order valence-electron chi connectivity index (χ1n) is 10.3. The van der Waals surface area contributed by atoms with E-state index in [9.17, 15) is 4.39 Å². The number of alkyl halides is 1. The number of anilines is 1. The maximum Gasteiger partial charge on any atom is 0.150 e. The van der Waals surface area contributed by atoms with Gasteiger partial charge in [-0.15, -0.1) is 0 Å². The Morgan fingerprint density at radius 1 is 1.11 bits per heavy atom. The van der Waals surface area contributed by atoms with Gasteiger partial charge in [-0.25, -0.2) is 9.37 Å². The Kier molecular flexibility index (Phi) is 3.54. The molecule has 0 atom stereocenters. The minimum Gasteiger partial charge on any atom is -0.369 e. The third-order valence-electron chi connectivity index (χ3n) is 6.37. The van der Waals surface area contributed by atoms with Crippen LogP contribution in [0.25, 0.3) is 22.3 Å². The van der Waals surface area contributed by atoms with Crippen molar-refractivity contribution in [3.05, 3.63) is 41.9 Å². The second-order valence-corrected chi connectivity index (χ2v) is 8.41. The molecule has 0 unspecified atom stereocenters. The average molecular weight is 377 g/mol. The fourth-order valence-corrected chi connectivity index (χ4v) is 4.36. The van der Waals surface area contributed by atoms with E-state index >= 15 is 0 Å². The molecule has 0 radical (unpaired) electrons. The zero-order chi connectivity index (χ0) is 18.7. The van der Waals surface area contributed by atoms with Gasteiger partial charge in [0.05, 0.1) is 11.4 Å². The summed E-state index contributed by atoms with van der Waals surface area (Å²) in [5.41, 5.74) is 4.88. The third kappa shape index (κ3) is 2.70. The van der Waals surface area contributed by atoms with Crippen LogP contribution in [0.5, 0.6) is 0 Å². The highest BCUT2D eigenvalue weighted by atomic mass is 19.1. The molecule has 0 bridgehead atoms. The van der Waals surface area contributed by atoms with E-state index in [1.807, 2.05) is 12.1 Å². The van der Waals surface area contributed by atoms with E-state index in [0.29, 0.717) is 24.5 Å². The number of halogens is 1. The molecular formula is C22H24FN5. The lowest BCUT2D eigenvalue weighted by Crippen LogP contribution is -2.43. The van der Waals surface area contributed by atoms with Gasteiger partial charge in [-0.2, -0.15) is 0 Å². The Labute approximate surface area is 163 Å². The SMILES string of the molecule is FC1(c2cc3c(-c4cc(N5CCNCC5)c(C5CC5)cn4)ccnc3[nH]2)CC1. The second kappa shape index (κ2) is 6.01. The Morgan fingerprint density at radius 2 is 1.93 bits per heavy atom. The van der Waals surface area contributed by atoms with E-state index in [-0.39, 0.29) is 0 Å². The quantitative estimate of drug-likeness (QED) is 0.725. The molecule has 144 valence electrons. The van der Waals surface area contributed by atoms with Gasteiger partial charge in [0.15, 0.2) is 5.67 Å². The van der Waals surface area contributed by atoms with Crippen LogP contribution in [-0.2, 0) is 5.67 Å². The lowest BCUT2D eigenvalue weighted by atomic mass is 10.0. The first kappa shape index (κ1) is 16.5. The second-order valence-electron chi connectivity index (χ2n) is 8.41. The predicted molar refractivity (Wildman–Crippen MR) is 108 cm³/mol. The molecule has 0 spiro atoms. The fourth-order valence-electron chi connectivity index (χ4n) is 4.36. The normalized spacial score (nSPS) is 21.2. The van der Waals surface area contributed by atoms with Crippen molar-refractivity contribution in [2.24, 2.45) is 0 Å². The van der Waals surface area contributed by atoms with Crippen molar-refractivity contribution in [1.29, 1.82) is 0 Å². The summed E-state index contributed by atoms with van der Waals surface area (Å²) in [4.78, 5) is 14.9. The molecule has 2 aliphatic carbocycles. The van der Waals surface area contributed by atoms with Crippen LogP contribution in [0.3, 0.4) is 0 Å². The maximum absolute atomic E-state index is 14.6. The van der Waals surface area contributed by atoms with Gasteiger partial charge in [-0.1, -0.05) is 0 Å². The van der Waals surface area contributed by atoms with Gasteiger partial charge in [0.25, 0.3) is 0 Å². The van der Waals surface area contributed by atoms with Crippen LogP contribution >= 0.6 is 0 Å². The van der Waals surface area contributed by atoms with E-state index in [1.165, 1.54) is 24.1 Å². The molecule has 6 heteroatoms. The van der Waals surface area contributed by atoms with Crippen molar-refractivity contribution in [3.8, 4) is 11.3 Å². The van der Waals surface area contributed by atoms with Gasteiger partial charge < -0.3 is 15.2 Å². The summed E-state index contributed by atoms with van der Waals surface area (Å²) in [5, 5.41) is 4.39. The molecule has 2 N–H and O–H groups in total. The lowest BCUT2D eigenvalue weighted by molar-refractivity contribution is 0.311. The van der Waals surface area contributed by atoms with Gasteiger partial charge in [-0.3, -0.25) is 4.98 Å². The summed E-state index contributed by atoms with van der Waals surface area (Å²) in [6.45, 7) is 4.07. The summed E-state index contributed by atoms with van der Waals surface area (Å²) in [5.74, 6) is 0.656. The summed E-state index contributed by atoms with van der Waals surface area (Å²) < 4.78 is 14.6. The number of hydrogen-bond acceptors (Lipinski definition) is 4. The van der Waals surface area contributed by atoms with E-state index < -0.39 is 5.67 Å². The van der Waals surface area contributed by atoms with Gasteiger partial charge in [-0.05, 0) is 55.4 Å². The standard InChI is InChI=1S/C22H24FN5/c23-22(4-5-22)20-11-16-15(3-6-25-21(16)27-20)18-12-19(28-9-7-24-8-10-28)17(13-26-18)14-1-2-14/h3,6,11-14,24H,1-2,4-5,7-10H2,(H,25,27). The molecule has 3 aromatic heterocycles. The highest BCUT2D eigenvalue weighted by molar-refractivity contribution is 5.93. The monoisotopic (exact) mass is 377 g/mol. The zero-order valence-corrected chi connectivity index (χ0v) is 15.8. The average Bonchev–Trinajstić information content (AvgIpc) is 3.66. The van der Waals surface area contributed by atoms with Crippen molar-refractivity contribution in [3.63, 3.8) is 0 Å². The highest BCUT2D eigenvalue weighted by Crippen LogP contribution is 2.50. The molecule has 3 aliphatic rings. The molecule has 0 aromatic carbocycles. The number of pyridine rings is 2. The summed E-state index contributed by atoms with van der Waals surface area (Å²) in [6.07, 6.45) is 7.57. The van der Waals surface area contributed by atoms with Crippen LogP contribution in [0.4, 0.5) is 10.1 Å². The van der Waals surface area contributed by atoms with E-state index in [2.05, 4.69) is 32.4 Å². The molecular weight excluding hydrogens is 353 g/mol. The van der Waals surface area contributed by atoms with E-state index in [1.54, 1.807) is 6.20 Å². The molecule has 4 heterocycles. The summed E-state index contributed by atoms with van der Waals surface area (Å²) in [6, 6.07) is 6.17. The van der Waals surface area contributed by atoms with Gasteiger partial charge in [0, 0.05) is 55.2 Å². The Morgan fingerprint density at radius 3 is 2.68 bits per heavy atom. The molecule has 2 saturated carbocycles. The third-order valence-corrected chi connectivity index (χ3v) is 6.37. The highest BCUT2D eigenvalue weighted by Gasteiger charge is 2.46. The number of nitrogens with one attached hydrogen (secondary N) is 2. The Hall–Kier alpha value is -2.47. The summed E-state index contributed by atoms with van der Waals surface area (Å²) in [7, 11) is 0. The van der Waals surface area contributed by atoms with Gasteiger partial charge in [0.2, 0.25) is 0 Å².